The fourth-order valence-electron chi connectivity index (χ4n) is 3.01. The van der Waals surface area contributed by atoms with Crippen LogP contribution in [0.15, 0.2) is 36.8 Å². The number of nitrogens with one attached hydrogen (secondary N) is 1. The Balaban J connectivity index is 1.59. The Kier molecular flexibility index (Phi) is 3.63. The topological polar surface area (TPSA) is 88.2 Å². The highest BCUT2D eigenvalue weighted by Gasteiger charge is 2.20. The summed E-state index contributed by atoms with van der Waals surface area (Å²) in [4.78, 5) is 8.93. The molecule has 3 heterocycles. The number of hydrogen-bond acceptors (Lipinski definition) is 6. The Morgan fingerprint density at radius 3 is 2.83 bits per heavy atom. The molecule has 0 spiro atoms. The van der Waals surface area contributed by atoms with E-state index in [2.05, 4.69) is 25.5 Å². The molecule has 4 rings (SSSR count). The van der Waals surface area contributed by atoms with E-state index >= 15 is 0 Å². The lowest BCUT2D eigenvalue weighted by Crippen LogP contribution is -2.28. The average Bonchev–Trinajstić information content (AvgIpc) is 3.01. The highest BCUT2D eigenvalue weighted by Crippen LogP contribution is 2.24. The molecule has 3 aromatic rings. The zero-order chi connectivity index (χ0) is 15.6. The molecule has 0 saturated heterocycles. The number of rotatable bonds is 3. The third kappa shape index (κ3) is 2.87. The summed E-state index contributed by atoms with van der Waals surface area (Å²) >= 11 is 0. The number of aliphatic hydroxyl groups is 1. The van der Waals surface area contributed by atoms with Gasteiger partial charge < -0.3 is 10.4 Å². The molecule has 0 aliphatic heterocycles. The van der Waals surface area contributed by atoms with Gasteiger partial charge in [-0.05, 0) is 43.9 Å². The van der Waals surface area contributed by atoms with E-state index in [1.54, 1.807) is 23.2 Å². The summed E-state index contributed by atoms with van der Waals surface area (Å²) in [6.45, 7) is 0. The molecule has 1 saturated carbocycles. The van der Waals surface area contributed by atoms with Crippen LogP contribution in [0, 0.1) is 0 Å². The molecular weight excluding hydrogens is 292 g/mol. The van der Waals surface area contributed by atoms with Crippen LogP contribution in [0.25, 0.3) is 16.8 Å². The molecule has 0 radical (unpaired) electrons. The lowest BCUT2D eigenvalue weighted by molar-refractivity contribution is 0.126. The summed E-state index contributed by atoms with van der Waals surface area (Å²) in [5.41, 5.74) is 2.67. The third-order valence-electron chi connectivity index (χ3n) is 4.27. The molecule has 1 aliphatic carbocycles. The molecule has 0 unspecified atom stereocenters. The highest BCUT2D eigenvalue weighted by molar-refractivity contribution is 5.77. The SMILES string of the molecule is OC1CCC(Nc2nccc(-c3cnn4ncccc34)n2)CC1. The quantitative estimate of drug-likeness (QED) is 0.768. The van der Waals surface area contributed by atoms with Crippen LogP contribution in [0.1, 0.15) is 25.7 Å². The van der Waals surface area contributed by atoms with Crippen molar-refractivity contribution < 1.29 is 5.11 Å². The van der Waals surface area contributed by atoms with Gasteiger partial charge in [-0.1, -0.05) is 0 Å². The molecule has 0 aromatic carbocycles. The maximum absolute atomic E-state index is 9.59. The standard InChI is InChI=1S/C16H18N6O/c23-12-5-3-11(4-6-12)20-16-17-9-7-14(21-16)13-10-19-22-15(13)2-1-8-18-22/h1-2,7-12,23H,3-6H2,(H,17,20,21). The summed E-state index contributed by atoms with van der Waals surface area (Å²) < 4.78 is 1.59. The van der Waals surface area contributed by atoms with Crippen molar-refractivity contribution in [1.82, 2.24) is 24.8 Å². The molecule has 2 N–H and O–H groups in total. The smallest absolute Gasteiger partial charge is 0.223 e. The van der Waals surface area contributed by atoms with E-state index in [9.17, 15) is 5.11 Å². The Labute approximate surface area is 133 Å². The van der Waals surface area contributed by atoms with Crippen LogP contribution in [-0.2, 0) is 0 Å². The molecule has 3 aromatic heterocycles. The number of fused-ring (bicyclic) bond motifs is 1. The van der Waals surface area contributed by atoms with Crippen LogP contribution in [0.4, 0.5) is 5.95 Å². The second kappa shape index (κ2) is 5.92. The molecule has 118 valence electrons. The van der Waals surface area contributed by atoms with Crippen molar-refractivity contribution in [2.75, 3.05) is 5.32 Å². The van der Waals surface area contributed by atoms with Crippen molar-refractivity contribution in [2.45, 2.75) is 37.8 Å². The van der Waals surface area contributed by atoms with Crippen LogP contribution >= 0.6 is 0 Å². The first kappa shape index (κ1) is 14.1. The van der Waals surface area contributed by atoms with E-state index in [0.717, 1.165) is 42.5 Å². The second-order valence-electron chi connectivity index (χ2n) is 5.87. The van der Waals surface area contributed by atoms with E-state index in [0.29, 0.717) is 12.0 Å². The number of aromatic nitrogens is 5. The summed E-state index contributed by atoms with van der Waals surface area (Å²) in [5, 5.41) is 21.4. The Bertz CT molecular complexity index is 809. The molecule has 23 heavy (non-hydrogen) atoms. The molecule has 0 bridgehead atoms. The van der Waals surface area contributed by atoms with Crippen molar-refractivity contribution >= 4 is 11.5 Å². The van der Waals surface area contributed by atoms with Gasteiger partial charge in [0.2, 0.25) is 5.95 Å². The van der Waals surface area contributed by atoms with E-state index < -0.39 is 0 Å². The van der Waals surface area contributed by atoms with Crippen molar-refractivity contribution in [1.29, 1.82) is 0 Å². The minimum absolute atomic E-state index is 0.161. The molecular formula is C16H18N6O. The molecule has 7 heteroatoms. The predicted molar refractivity (Wildman–Crippen MR) is 85.9 cm³/mol. The number of anilines is 1. The van der Waals surface area contributed by atoms with Gasteiger partial charge in [0.15, 0.2) is 0 Å². The Morgan fingerprint density at radius 1 is 1.09 bits per heavy atom. The first-order chi connectivity index (χ1) is 11.3. The monoisotopic (exact) mass is 310 g/mol. The van der Waals surface area contributed by atoms with Gasteiger partial charge in [0.1, 0.15) is 0 Å². The molecule has 7 nitrogen and oxygen atoms in total. The van der Waals surface area contributed by atoms with Crippen molar-refractivity contribution in [3.63, 3.8) is 0 Å². The first-order valence-electron chi connectivity index (χ1n) is 7.86. The minimum Gasteiger partial charge on any atom is -0.393 e. The van der Waals surface area contributed by atoms with Gasteiger partial charge in [-0.2, -0.15) is 14.8 Å². The van der Waals surface area contributed by atoms with E-state index in [1.165, 1.54) is 0 Å². The van der Waals surface area contributed by atoms with Gasteiger partial charge in [0.05, 0.1) is 23.5 Å². The van der Waals surface area contributed by atoms with Gasteiger partial charge in [-0.3, -0.25) is 0 Å². The summed E-state index contributed by atoms with van der Waals surface area (Å²) in [6.07, 6.45) is 8.60. The van der Waals surface area contributed by atoms with Crippen LogP contribution < -0.4 is 5.32 Å². The van der Waals surface area contributed by atoms with Crippen LogP contribution in [0.5, 0.6) is 0 Å². The summed E-state index contributed by atoms with van der Waals surface area (Å²) in [6, 6.07) is 6.04. The normalized spacial score (nSPS) is 21.4. The van der Waals surface area contributed by atoms with Gasteiger partial charge in [0, 0.05) is 24.0 Å². The van der Waals surface area contributed by atoms with Gasteiger partial charge in [-0.25, -0.2) is 9.97 Å². The summed E-state index contributed by atoms with van der Waals surface area (Å²) in [7, 11) is 0. The van der Waals surface area contributed by atoms with Crippen molar-refractivity contribution in [2.24, 2.45) is 0 Å². The summed E-state index contributed by atoms with van der Waals surface area (Å²) in [5.74, 6) is 0.618. The fraction of sp³-hybridized carbons (Fsp3) is 0.375. The van der Waals surface area contributed by atoms with Crippen LogP contribution in [0.3, 0.4) is 0 Å². The second-order valence-corrected chi connectivity index (χ2v) is 5.87. The first-order valence-corrected chi connectivity index (χ1v) is 7.86. The third-order valence-corrected chi connectivity index (χ3v) is 4.27. The van der Waals surface area contributed by atoms with Gasteiger partial charge >= 0.3 is 0 Å². The van der Waals surface area contributed by atoms with E-state index in [4.69, 9.17) is 0 Å². The lowest BCUT2D eigenvalue weighted by atomic mass is 9.93. The molecule has 0 atom stereocenters. The maximum atomic E-state index is 9.59. The number of hydrogen-bond donors (Lipinski definition) is 2. The Hall–Kier alpha value is -2.54. The molecule has 0 amide bonds. The average molecular weight is 310 g/mol. The highest BCUT2D eigenvalue weighted by atomic mass is 16.3. The molecule has 1 aliphatic rings. The van der Waals surface area contributed by atoms with Crippen LogP contribution in [-0.4, -0.2) is 42.0 Å². The van der Waals surface area contributed by atoms with E-state index in [-0.39, 0.29) is 6.10 Å². The van der Waals surface area contributed by atoms with Gasteiger partial charge in [-0.15, -0.1) is 0 Å². The predicted octanol–water partition coefficient (Wildman–Crippen LogP) is 1.90. The largest absolute Gasteiger partial charge is 0.393 e. The zero-order valence-electron chi connectivity index (χ0n) is 12.6. The Morgan fingerprint density at radius 2 is 1.96 bits per heavy atom. The lowest BCUT2D eigenvalue weighted by Gasteiger charge is -2.26. The number of nitrogens with zero attached hydrogens (tertiary/aromatic N) is 5. The minimum atomic E-state index is -0.161. The van der Waals surface area contributed by atoms with Crippen LogP contribution in [0.2, 0.25) is 0 Å². The van der Waals surface area contributed by atoms with Crippen molar-refractivity contribution in [3.8, 4) is 11.3 Å². The van der Waals surface area contributed by atoms with Crippen molar-refractivity contribution in [3.05, 3.63) is 36.8 Å². The molecule has 1 fully saturated rings. The maximum Gasteiger partial charge on any atom is 0.223 e. The van der Waals surface area contributed by atoms with Gasteiger partial charge in [0.25, 0.3) is 0 Å². The zero-order valence-corrected chi connectivity index (χ0v) is 12.6. The fourth-order valence-corrected chi connectivity index (χ4v) is 3.01. The van der Waals surface area contributed by atoms with E-state index in [1.807, 2.05) is 18.2 Å². The number of aliphatic hydroxyl groups excluding tert-OH is 1.